The van der Waals surface area contributed by atoms with Crippen molar-refractivity contribution in [3.8, 4) is 11.5 Å². The van der Waals surface area contributed by atoms with Crippen molar-refractivity contribution in [1.29, 1.82) is 0 Å². The molecule has 0 bridgehead atoms. The van der Waals surface area contributed by atoms with Crippen LogP contribution in [0.1, 0.15) is 23.6 Å². The summed E-state index contributed by atoms with van der Waals surface area (Å²) < 4.78 is 107. The van der Waals surface area contributed by atoms with Crippen LogP contribution in [-0.4, -0.2) is 22.8 Å². The van der Waals surface area contributed by atoms with Gasteiger partial charge in [0, 0.05) is 23.8 Å². The first kappa shape index (κ1) is 28.4. The molecule has 0 fully saturated rings. The molecule has 0 unspecified atom stereocenters. The summed E-state index contributed by atoms with van der Waals surface area (Å²) in [5, 5.41) is 0. The Morgan fingerprint density at radius 1 is 1.03 bits per heavy atom. The second-order valence-electron chi connectivity index (χ2n) is 7.87. The summed E-state index contributed by atoms with van der Waals surface area (Å²) in [4.78, 5) is 0. The number of halogens is 6. The van der Waals surface area contributed by atoms with E-state index in [4.69, 9.17) is 4.74 Å². The van der Waals surface area contributed by atoms with E-state index >= 15 is 0 Å². The van der Waals surface area contributed by atoms with Gasteiger partial charge in [-0.05, 0) is 47.9 Å². The van der Waals surface area contributed by atoms with Crippen LogP contribution >= 0.6 is 0 Å². The van der Waals surface area contributed by atoms with Crippen molar-refractivity contribution < 1.29 is 40.4 Å². The largest absolute Gasteiger partial charge is 0.598 e. The molecule has 0 saturated heterocycles. The average molecular weight is 544 g/mol. The Labute approximate surface area is 213 Å². The van der Waals surface area contributed by atoms with Crippen molar-refractivity contribution in [3.05, 3.63) is 108 Å². The minimum Gasteiger partial charge on any atom is -0.598 e. The number of hydrogen-bond acceptors (Lipinski definition) is 4. The molecule has 3 aromatic carbocycles. The summed E-state index contributed by atoms with van der Waals surface area (Å²) in [6.07, 6.45) is -8.12. The molecule has 0 spiro atoms. The first-order valence-electron chi connectivity index (χ1n) is 10.9. The Morgan fingerprint density at radius 3 is 2.35 bits per heavy atom. The van der Waals surface area contributed by atoms with E-state index < -0.39 is 46.8 Å². The van der Waals surface area contributed by atoms with Gasteiger partial charge in [-0.2, -0.15) is 17.6 Å². The lowest BCUT2D eigenvalue weighted by Crippen LogP contribution is -2.49. The van der Waals surface area contributed by atoms with Crippen LogP contribution in [0.4, 0.5) is 26.3 Å². The van der Waals surface area contributed by atoms with Crippen molar-refractivity contribution >= 4 is 11.4 Å². The molecule has 4 nitrogen and oxygen atoms in total. The van der Waals surface area contributed by atoms with Crippen LogP contribution in [-0.2, 0) is 23.3 Å². The summed E-state index contributed by atoms with van der Waals surface area (Å²) in [5.74, 6) is -2.88. The molecule has 37 heavy (non-hydrogen) atoms. The van der Waals surface area contributed by atoms with Crippen LogP contribution in [0.5, 0.6) is 11.5 Å². The van der Waals surface area contributed by atoms with E-state index in [1.807, 2.05) is 0 Å². The molecule has 1 N–H and O–H groups in total. The molecule has 0 amide bonds. The summed E-state index contributed by atoms with van der Waals surface area (Å²) in [6, 6.07) is 14.7. The molecule has 0 radical (unpaired) electrons. The molecule has 0 aliphatic rings. The quantitative estimate of drug-likeness (QED) is 0.161. The van der Waals surface area contributed by atoms with Gasteiger partial charge in [-0.25, -0.2) is 8.78 Å². The van der Waals surface area contributed by atoms with Gasteiger partial charge in [0.2, 0.25) is 0 Å². The first-order chi connectivity index (χ1) is 17.5. The molecule has 0 saturated carbocycles. The minimum absolute atomic E-state index is 0.0348. The van der Waals surface area contributed by atoms with Crippen LogP contribution < -0.4 is 14.2 Å². The second kappa shape index (κ2) is 11.9. The molecule has 0 aliphatic heterocycles. The summed E-state index contributed by atoms with van der Waals surface area (Å²) in [7, 11) is 0. The molecule has 0 aliphatic carbocycles. The number of rotatable bonds is 12. The third-order valence-electron chi connectivity index (χ3n) is 5.37. The predicted molar refractivity (Wildman–Crippen MR) is 128 cm³/mol. The van der Waals surface area contributed by atoms with Crippen molar-refractivity contribution in [3.63, 3.8) is 0 Å². The topological polar surface area (TPSA) is 53.5 Å². The highest BCUT2D eigenvalue weighted by atomic mass is 32.2. The average Bonchev–Trinajstić information content (AvgIpc) is 2.84. The van der Waals surface area contributed by atoms with Crippen molar-refractivity contribution in [2.24, 2.45) is 0 Å². The SMILES string of the molecule is C=COc1cc([C@@](Cc2ccccc2)(N[S@@+]([O-])CC)c2cc(F)cc(OC(F)(F)C(F)F)c2)ccc1F. The Hall–Kier alpha value is -3.15. The highest BCUT2D eigenvalue weighted by Gasteiger charge is 2.45. The molecule has 198 valence electrons. The first-order valence-corrected chi connectivity index (χ1v) is 12.3. The van der Waals surface area contributed by atoms with Gasteiger partial charge >= 0.3 is 12.5 Å². The molecule has 3 aromatic rings. The number of ether oxygens (including phenoxy) is 2. The van der Waals surface area contributed by atoms with Crippen LogP contribution in [0.3, 0.4) is 0 Å². The standard InChI is InChI=1S/C26H23F6NO3S/c1-3-35-23-14-18(10-11-22(23)28)25(33-37(34)4-2,16-17-8-6-5-7-9-17)19-12-20(27)15-21(13-19)36-26(31,32)24(29)30/h3,5-15,24,33H,1,4,16H2,2H3/t25-,37+/m1/s1. The van der Waals surface area contributed by atoms with Crippen molar-refractivity contribution in [2.45, 2.75) is 31.4 Å². The van der Waals surface area contributed by atoms with Gasteiger partial charge in [0.05, 0.1) is 6.26 Å². The molecular formula is C26H23F6NO3S. The monoisotopic (exact) mass is 543 g/mol. The lowest BCUT2D eigenvalue weighted by molar-refractivity contribution is -0.253. The van der Waals surface area contributed by atoms with Gasteiger partial charge in [0.15, 0.2) is 11.6 Å². The molecular weight excluding hydrogens is 520 g/mol. The predicted octanol–water partition coefficient (Wildman–Crippen LogP) is 6.48. The highest BCUT2D eigenvalue weighted by Crippen LogP contribution is 2.39. The molecule has 2 atom stereocenters. The fourth-order valence-corrected chi connectivity index (χ4v) is 4.55. The Balaban J connectivity index is 2.31. The Morgan fingerprint density at radius 2 is 1.73 bits per heavy atom. The van der Waals surface area contributed by atoms with Crippen molar-refractivity contribution in [2.75, 3.05) is 5.75 Å². The van der Waals surface area contributed by atoms with E-state index in [-0.39, 0.29) is 29.1 Å². The minimum atomic E-state index is -4.90. The third kappa shape index (κ3) is 6.79. The van der Waals surface area contributed by atoms with Gasteiger partial charge < -0.3 is 14.0 Å². The molecule has 0 heterocycles. The van der Waals surface area contributed by atoms with Gasteiger partial charge in [0.1, 0.15) is 22.9 Å². The van der Waals surface area contributed by atoms with E-state index in [0.717, 1.165) is 24.5 Å². The molecule has 3 rings (SSSR count). The third-order valence-corrected chi connectivity index (χ3v) is 6.47. The molecule has 11 heteroatoms. The number of hydrogen-bond donors (Lipinski definition) is 1. The fourth-order valence-electron chi connectivity index (χ4n) is 3.71. The maximum atomic E-state index is 14.8. The van der Waals surface area contributed by atoms with Crippen molar-refractivity contribution in [1.82, 2.24) is 4.72 Å². The van der Waals surface area contributed by atoms with Gasteiger partial charge in [-0.15, -0.1) is 4.72 Å². The number of alkyl halides is 4. The smallest absolute Gasteiger partial charge is 0.461 e. The Kier molecular flexibility index (Phi) is 9.16. The van der Waals surface area contributed by atoms with Gasteiger partial charge in [0.25, 0.3) is 0 Å². The number of nitrogens with one attached hydrogen (secondary N) is 1. The maximum Gasteiger partial charge on any atom is 0.461 e. The summed E-state index contributed by atoms with van der Waals surface area (Å²) in [5.41, 5.74) is -0.874. The normalized spacial score (nSPS) is 14.2. The Bertz CT molecular complexity index is 1210. The van der Waals surface area contributed by atoms with Crippen LogP contribution in [0.2, 0.25) is 0 Å². The fraction of sp³-hybridized carbons (Fsp3) is 0.231. The van der Waals surface area contributed by atoms with E-state index in [9.17, 15) is 30.9 Å². The van der Waals surface area contributed by atoms with Crippen LogP contribution in [0, 0.1) is 11.6 Å². The lowest BCUT2D eigenvalue weighted by Gasteiger charge is -2.36. The highest BCUT2D eigenvalue weighted by molar-refractivity contribution is 7.89. The van der Waals surface area contributed by atoms with Crippen LogP contribution in [0.15, 0.2) is 79.6 Å². The number of benzene rings is 3. The lowest BCUT2D eigenvalue weighted by atomic mass is 9.78. The zero-order valence-electron chi connectivity index (χ0n) is 19.5. The van der Waals surface area contributed by atoms with Gasteiger partial charge in [-0.3, -0.25) is 0 Å². The van der Waals surface area contributed by atoms with E-state index in [2.05, 4.69) is 16.0 Å². The van der Waals surface area contributed by atoms with Gasteiger partial charge in [-0.1, -0.05) is 43.0 Å². The molecule has 0 aromatic heterocycles. The summed E-state index contributed by atoms with van der Waals surface area (Å²) >= 11 is -1.76. The van der Waals surface area contributed by atoms with E-state index in [1.54, 1.807) is 37.3 Å². The van der Waals surface area contributed by atoms with Crippen LogP contribution in [0.25, 0.3) is 0 Å². The van der Waals surface area contributed by atoms with E-state index in [1.165, 1.54) is 12.1 Å². The maximum absolute atomic E-state index is 14.8. The second-order valence-corrected chi connectivity index (χ2v) is 9.35. The summed E-state index contributed by atoms with van der Waals surface area (Å²) in [6.45, 7) is 5.00. The zero-order valence-corrected chi connectivity index (χ0v) is 20.3. The van der Waals surface area contributed by atoms with E-state index in [0.29, 0.717) is 11.6 Å². The zero-order chi connectivity index (χ0) is 27.2.